The molecule has 0 spiro atoms. The molecule has 1 atom stereocenters. The number of aromatic hydroxyl groups is 1. The third kappa shape index (κ3) is 5.48. The largest absolute Gasteiger partial charge is 0.503 e. The Morgan fingerprint density at radius 1 is 1.10 bits per heavy atom. The van der Waals surface area contributed by atoms with Crippen molar-refractivity contribution < 1.29 is 40.6 Å². The van der Waals surface area contributed by atoms with E-state index in [0.29, 0.717) is 6.42 Å². The van der Waals surface area contributed by atoms with Gasteiger partial charge in [-0.3, -0.25) is 0 Å². The molecule has 2 aromatic heterocycles. The molecule has 224 valence electrons. The van der Waals surface area contributed by atoms with Crippen LogP contribution in [0.15, 0.2) is 42.6 Å². The molecule has 1 fully saturated rings. The number of anilines is 1. The number of benzene rings is 2. The molecule has 4 aromatic rings. The smallest absolute Gasteiger partial charge is 0.419 e. The Hall–Kier alpha value is -3.89. The molecule has 0 aliphatic carbocycles. The molecule has 16 heteroatoms. The molecule has 1 aliphatic heterocycles. The summed E-state index contributed by atoms with van der Waals surface area (Å²) >= 11 is 0. The minimum Gasteiger partial charge on any atom is -0.503 e. The van der Waals surface area contributed by atoms with Crippen LogP contribution in [0.5, 0.6) is 5.75 Å². The first-order chi connectivity index (χ1) is 19.8. The summed E-state index contributed by atoms with van der Waals surface area (Å²) in [6, 6.07) is 9.12. The minimum atomic E-state index is -5.21. The highest BCUT2D eigenvalue weighted by Gasteiger charge is 2.39. The SMILES string of the molecule is Cn1nc(-c2cc(C(F)(F)F)c(F)c(O)c2F)c2cnc(N3CCN(S(=O)(=O)CCO)C[C@H]3Cc3ccccc3)nc21. The number of aliphatic hydroxyl groups is 1. The van der Waals surface area contributed by atoms with Crippen molar-refractivity contribution in [2.45, 2.75) is 18.6 Å². The van der Waals surface area contributed by atoms with Crippen LogP contribution in [0, 0.1) is 11.6 Å². The molecule has 0 amide bonds. The van der Waals surface area contributed by atoms with E-state index in [1.807, 2.05) is 30.3 Å². The van der Waals surface area contributed by atoms with Crippen LogP contribution >= 0.6 is 0 Å². The summed E-state index contributed by atoms with van der Waals surface area (Å²) in [7, 11) is -2.29. The Labute approximate surface area is 236 Å². The standard InChI is InChI=1S/C26H25F5N6O4S/c1-35-24-18(22(34-35)17-12-19(26(29,30)31)21(28)23(39)20(17)27)13-32-25(33-24)37-8-7-36(42(40,41)10-9-38)14-16(37)11-15-5-3-2-4-6-15/h2-6,12-13,16,38-39H,7-11,14H2,1H3/t16-/m1/s1. The number of halogens is 5. The summed E-state index contributed by atoms with van der Waals surface area (Å²) in [4.78, 5) is 10.7. The van der Waals surface area contributed by atoms with Crippen molar-refractivity contribution in [1.29, 1.82) is 0 Å². The number of sulfonamides is 1. The lowest BCUT2D eigenvalue weighted by molar-refractivity contribution is -0.140. The van der Waals surface area contributed by atoms with E-state index in [1.54, 1.807) is 4.90 Å². The van der Waals surface area contributed by atoms with E-state index in [-0.39, 0.29) is 48.4 Å². The first kappa shape index (κ1) is 29.6. The molecule has 5 rings (SSSR count). The molecule has 3 heterocycles. The van der Waals surface area contributed by atoms with E-state index < -0.39 is 63.1 Å². The highest BCUT2D eigenvalue weighted by atomic mass is 32.2. The monoisotopic (exact) mass is 612 g/mol. The van der Waals surface area contributed by atoms with Gasteiger partial charge in [-0.15, -0.1) is 0 Å². The predicted molar refractivity (Wildman–Crippen MR) is 142 cm³/mol. The maximum atomic E-state index is 14.8. The van der Waals surface area contributed by atoms with Crippen molar-refractivity contribution in [1.82, 2.24) is 24.1 Å². The average Bonchev–Trinajstić information content (AvgIpc) is 3.27. The fraction of sp³-hybridized carbons (Fsp3) is 0.346. The molecule has 2 aromatic carbocycles. The number of rotatable bonds is 7. The van der Waals surface area contributed by atoms with Crippen LogP contribution in [0.3, 0.4) is 0 Å². The van der Waals surface area contributed by atoms with Crippen LogP contribution in [0.4, 0.5) is 27.9 Å². The first-order valence-electron chi connectivity index (χ1n) is 12.7. The molecule has 0 bridgehead atoms. The Morgan fingerprint density at radius 2 is 1.81 bits per heavy atom. The number of phenolic OH excluding ortho intramolecular Hbond substituents is 1. The summed E-state index contributed by atoms with van der Waals surface area (Å²) < 4.78 is 97.0. The van der Waals surface area contributed by atoms with E-state index in [1.165, 1.54) is 22.2 Å². The van der Waals surface area contributed by atoms with Crippen LogP contribution in [0.1, 0.15) is 11.1 Å². The van der Waals surface area contributed by atoms with E-state index in [9.17, 15) is 40.6 Å². The van der Waals surface area contributed by atoms with Crippen molar-refractivity contribution in [3.63, 3.8) is 0 Å². The number of aryl methyl sites for hydroxylation is 1. The van der Waals surface area contributed by atoms with Gasteiger partial charge in [0.15, 0.2) is 23.0 Å². The lowest BCUT2D eigenvalue weighted by Crippen LogP contribution is -2.56. The summed E-state index contributed by atoms with van der Waals surface area (Å²) in [5.74, 6) is -5.78. The molecule has 10 nitrogen and oxygen atoms in total. The van der Waals surface area contributed by atoms with Crippen LogP contribution < -0.4 is 4.90 Å². The van der Waals surface area contributed by atoms with Crippen molar-refractivity contribution in [2.24, 2.45) is 7.05 Å². The predicted octanol–water partition coefficient (Wildman–Crippen LogP) is 3.09. The fourth-order valence-corrected chi connectivity index (χ4v) is 6.26. The third-order valence-corrected chi connectivity index (χ3v) is 8.88. The van der Waals surface area contributed by atoms with Crippen molar-refractivity contribution in [3.8, 4) is 17.0 Å². The highest BCUT2D eigenvalue weighted by Crippen LogP contribution is 2.41. The molecule has 0 unspecified atom stereocenters. The average molecular weight is 613 g/mol. The molecule has 2 N–H and O–H groups in total. The van der Waals surface area contributed by atoms with Crippen molar-refractivity contribution >= 4 is 27.0 Å². The zero-order valence-corrected chi connectivity index (χ0v) is 22.9. The fourth-order valence-electron chi connectivity index (χ4n) is 5.02. The van der Waals surface area contributed by atoms with Gasteiger partial charge in [0, 0.05) is 44.5 Å². The van der Waals surface area contributed by atoms with Crippen LogP contribution in [-0.4, -0.2) is 80.7 Å². The Balaban J connectivity index is 1.55. The molecule has 0 radical (unpaired) electrons. The van der Waals surface area contributed by atoms with Crippen molar-refractivity contribution in [3.05, 3.63) is 65.4 Å². The molecule has 1 saturated heterocycles. The van der Waals surface area contributed by atoms with Crippen LogP contribution in [0.25, 0.3) is 22.3 Å². The van der Waals surface area contributed by atoms with Crippen molar-refractivity contribution in [2.75, 3.05) is 36.9 Å². The van der Waals surface area contributed by atoms with Gasteiger partial charge in [-0.05, 0) is 18.1 Å². The third-order valence-electron chi connectivity index (χ3n) is 7.06. The Morgan fingerprint density at radius 3 is 2.48 bits per heavy atom. The van der Waals surface area contributed by atoms with E-state index >= 15 is 0 Å². The maximum absolute atomic E-state index is 14.8. The number of nitrogens with zero attached hydrogens (tertiary/aromatic N) is 6. The summed E-state index contributed by atoms with van der Waals surface area (Å²) in [6.45, 7) is -0.166. The molecule has 1 aliphatic rings. The van der Waals surface area contributed by atoms with Gasteiger partial charge in [-0.25, -0.2) is 26.9 Å². The van der Waals surface area contributed by atoms with Crippen LogP contribution in [0.2, 0.25) is 0 Å². The van der Waals surface area contributed by atoms with Gasteiger partial charge in [0.1, 0.15) is 5.69 Å². The Bertz CT molecular complexity index is 1730. The van der Waals surface area contributed by atoms with Gasteiger partial charge in [-0.2, -0.15) is 27.6 Å². The van der Waals surface area contributed by atoms with Gasteiger partial charge < -0.3 is 15.1 Å². The highest BCUT2D eigenvalue weighted by molar-refractivity contribution is 7.89. The first-order valence-corrected chi connectivity index (χ1v) is 14.3. The normalized spacial score (nSPS) is 16.8. The van der Waals surface area contributed by atoms with E-state index in [4.69, 9.17) is 0 Å². The lowest BCUT2D eigenvalue weighted by atomic mass is 10.0. The second-order valence-corrected chi connectivity index (χ2v) is 11.8. The number of aliphatic hydroxyl groups excluding tert-OH is 1. The number of piperazine rings is 1. The number of alkyl halides is 3. The number of hydrogen-bond acceptors (Lipinski definition) is 8. The lowest BCUT2D eigenvalue weighted by Gasteiger charge is -2.41. The van der Waals surface area contributed by atoms with Gasteiger partial charge in [0.05, 0.1) is 23.3 Å². The summed E-state index contributed by atoms with van der Waals surface area (Å²) in [5.41, 5.74) is -1.94. The summed E-state index contributed by atoms with van der Waals surface area (Å²) in [6.07, 6.45) is -3.55. The minimum absolute atomic E-state index is 0.0445. The zero-order chi connectivity index (χ0) is 30.4. The number of aromatic nitrogens is 4. The number of hydrogen-bond donors (Lipinski definition) is 2. The number of phenols is 1. The quantitative estimate of drug-likeness (QED) is 0.305. The van der Waals surface area contributed by atoms with Crippen LogP contribution in [-0.2, 0) is 29.7 Å². The van der Waals surface area contributed by atoms with Gasteiger partial charge >= 0.3 is 6.18 Å². The van der Waals surface area contributed by atoms with Gasteiger partial charge in [-0.1, -0.05) is 30.3 Å². The molecular formula is C26H25F5N6O4S. The molecule has 0 saturated carbocycles. The van der Waals surface area contributed by atoms with E-state index in [2.05, 4.69) is 15.1 Å². The van der Waals surface area contributed by atoms with E-state index in [0.717, 1.165) is 5.56 Å². The molecular weight excluding hydrogens is 587 g/mol. The maximum Gasteiger partial charge on any atom is 0.419 e. The second-order valence-electron chi connectivity index (χ2n) is 9.76. The summed E-state index contributed by atoms with van der Waals surface area (Å²) in [5, 5.41) is 23.1. The van der Waals surface area contributed by atoms with Gasteiger partial charge in [0.25, 0.3) is 0 Å². The molecule has 42 heavy (non-hydrogen) atoms. The number of fused-ring (bicyclic) bond motifs is 1. The van der Waals surface area contributed by atoms with Gasteiger partial charge in [0.2, 0.25) is 16.0 Å². The topological polar surface area (TPSA) is 125 Å². The zero-order valence-electron chi connectivity index (χ0n) is 22.1. The Kier molecular flexibility index (Phi) is 7.80. The second kappa shape index (κ2) is 11.1.